The van der Waals surface area contributed by atoms with Crippen LogP contribution in [0.5, 0.6) is 0 Å². The second-order valence-electron chi connectivity index (χ2n) is 6.18. The van der Waals surface area contributed by atoms with Gasteiger partial charge in [-0.3, -0.25) is 14.5 Å². The summed E-state index contributed by atoms with van der Waals surface area (Å²) in [6, 6.07) is 6.11. The van der Waals surface area contributed by atoms with Crippen LogP contribution in [0.25, 0.3) is 10.6 Å². The maximum atomic E-state index is 13.1. The zero-order valence-corrected chi connectivity index (χ0v) is 15.6. The minimum absolute atomic E-state index is 0.0213. The Morgan fingerprint density at radius 1 is 1.19 bits per heavy atom. The lowest BCUT2D eigenvalue weighted by atomic mass is 10.2. The molecule has 1 saturated heterocycles. The monoisotopic (exact) mass is 376 g/mol. The van der Waals surface area contributed by atoms with Crippen molar-refractivity contribution < 1.29 is 14.0 Å². The van der Waals surface area contributed by atoms with Crippen molar-refractivity contribution >= 4 is 23.2 Å². The number of aryl methyl sites for hydroxylation is 1. The number of hydrogen-bond donors (Lipinski definition) is 1. The lowest BCUT2D eigenvalue weighted by molar-refractivity contribution is -0.122. The molecule has 0 radical (unpaired) electrons. The Kier molecular flexibility index (Phi) is 5.63. The molecule has 0 saturated carbocycles. The van der Waals surface area contributed by atoms with Crippen LogP contribution in [0.4, 0.5) is 4.39 Å². The fourth-order valence-electron chi connectivity index (χ4n) is 2.85. The summed E-state index contributed by atoms with van der Waals surface area (Å²) in [5.74, 6) is -0.354. The van der Waals surface area contributed by atoms with Crippen molar-refractivity contribution in [2.24, 2.45) is 0 Å². The van der Waals surface area contributed by atoms with Gasteiger partial charge in [0.25, 0.3) is 5.91 Å². The molecule has 1 aliphatic rings. The number of nitrogens with zero attached hydrogens (tertiary/aromatic N) is 3. The topological polar surface area (TPSA) is 65.5 Å². The summed E-state index contributed by atoms with van der Waals surface area (Å²) in [7, 11) is 1.62. The molecule has 8 heteroatoms. The van der Waals surface area contributed by atoms with E-state index in [-0.39, 0.29) is 17.6 Å². The Hall–Kier alpha value is -2.32. The van der Waals surface area contributed by atoms with E-state index in [1.165, 1.54) is 23.5 Å². The van der Waals surface area contributed by atoms with Gasteiger partial charge < -0.3 is 10.2 Å². The molecule has 3 rings (SSSR count). The van der Waals surface area contributed by atoms with Crippen molar-refractivity contribution in [3.63, 3.8) is 0 Å². The number of hydrogen-bond acceptors (Lipinski definition) is 5. The van der Waals surface area contributed by atoms with E-state index in [1.54, 1.807) is 24.1 Å². The third-order valence-corrected chi connectivity index (χ3v) is 5.58. The molecule has 1 fully saturated rings. The Bertz CT molecular complexity index is 798. The molecule has 0 spiro atoms. The van der Waals surface area contributed by atoms with E-state index in [0.717, 1.165) is 5.56 Å². The van der Waals surface area contributed by atoms with Gasteiger partial charge in [0.2, 0.25) is 5.91 Å². The number of benzene rings is 1. The van der Waals surface area contributed by atoms with E-state index in [0.29, 0.717) is 48.3 Å². The van der Waals surface area contributed by atoms with Crippen LogP contribution in [0.2, 0.25) is 0 Å². The van der Waals surface area contributed by atoms with E-state index in [1.807, 2.05) is 11.8 Å². The van der Waals surface area contributed by atoms with Crippen LogP contribution in [-0.2, 0) is 4.79 Å². The molecule has 26 heavy (non-hydrogen) atoms. The predicted molar refractivity (Wildman–Crippen MR) is 98.7 cm³/mol. The molecule has 2 aromatic rings. The highest BCUT2D eigenvalue weighted by Gasteiger charge is 2.26. The average molecular weight is 376 g/mol. The van der Waals surface area contributed by atoms with Crippen molar-refractivity contribution in [3.8, 4) is 10.6 Å². The molecule has 2 amide bonds. The Labute approximate surface area is 155 Å². The van der Waals surface area contributed by atoms with Crippen molar-refractivity contribution in [2.45, 2.75) is 6.92 Å². The van der Waals surface area contributed by atoms with Crippen molar-refractivity contribution in [3.05, 3.63) is 40.7 Å². The van der Waals surface area contributed by atoms with Gasteiger partial charge in [0.15, 0.2) is 0 Å². The van der Waals surface area contributed by atoms with Gasteiger partial charge in [-0.1, -0.05) is 0 Å². The second kappa shape index (κ2) is 7.92. The van der Waals surface area contributed by atoms with Crippen LogP contribution < -0.4 is 5.32 Å². The number of carbonyl (C=O) groups is 2. The zero-order valence-electron chi connectivity index (χ0n) is 14.8. The molecule has 1 aliphatic heterocycles. The molecule has 0 aliphatic carbocycles. The van der Waals surface area contributed by atoms with Crippen LogP contribution >= 0.6 is 11.3 Å². The third-order valence-electron chi connectivity index (χ3n) is 4.39. The Morgan fingerprint density at radius 2 is 1.85 bits per heavy atom. The van der Waals surface area contributed by atoms with Gasteiger partial charge >= 0.3 is 0 Å². The number of amides is 2. The summed E-state index contributed by atoms with van der Waals surface area (Å²) in [5.41, 5.74) is 1.49. The highest BCUT2D eigenvalue weighted by atomic mass is 32.1. The van der Waals surface area contributed by atoms with E-state index in [4.69, 9.17) is 0 Å². The fourth-order valence-corrected chi connectivity index (χ4v) is 3.89. The first-order valence-electron chi connectivity index (χ1n) is 8.43. The molecule has 1 N–H and O–H groups in total. The first-order chi connectivity index (χ1) is 12.5. The third kappa shape index (κ3) is 4.08. The van der Waals surface area contributed by atoms with Crippen molar-refractivity contribution in [1.82, 2.24) is 20.1 Å². The molecule has 0 atom stereocenters. The number of nitrogens with one attached hydrogen (secondary N) is 1. The molecular formula is C18H21FN4O2S. The van der Waals surface area contributed by atoms with Crippen LogP contribution in [0.15, 0.2) is 24.3 Å². The molecule has 1 aromatic carbocycles. The van der Waals surface area contributed by atoms with Crippen LogP contribution in [0.3, 0.4) is 0 Å². The first kappa shape index (κ1) is 18.5. The van der Waals surface area contributed by atoms with Crippen LogP contribution in [-0.4, -0.2) is 66.4 Å². The summed E-state index contributed by atoms with van der Waals surface area (Å²) in [4.78, 5) is 33.2. The zero-order chi connectivity index (χ0) is 18.7. The van der Waals surface area contributed by atoms with E-state index in [2.05, 4.69) is 10.3 Å². The van der Waals surface area contributed by atoms with E-state index in [9.17, 15) is 14.0 Å². The lowest BCUT2D eigenvalue weighted by Gasteiger charge is -2.34. The number of carbonyl (C=O) groups excluding carboxylic acids is 2. The Morgan fingerprint density at radius 3 is 2.46 bits per heavy atom. The number of thiazole rings is 1. The van der Waals surface area contributed by atoms with Crippen molar-refractivity contribution in [1.29, 1.82) is 0 Å². The highest BCUT2D eigenvalue weighted by molar-refractivity contribution is 7.17. The number of rotatable bonds is 4. The summed E-state index contributed by atoms with van der Waals surface area (Å²) >= 11 is 1.33. The molecular weight excluding hydrogens is 355 g/mol. The normalized spacial score (nSPS) is 15.1. The molecule has 1 aromatic heterocycles. The number of piperazine rings is 1. The summed E-state index contributed by atoms with van der Waals surface area (Å²) in [5, 5.41) is 3.32. The summed E-state index contributed by atoms with van der Waals surface area (Å²) in [6.07, 6.45) is 0. The van der Waals surface area contributed by atoms with Gasteiger partial charge in [-0.05, 0) is 31.2 Å². The maximum Gasteiger partial charge on any atom is 0.265 e. The largest absolute Gasteiger partial charge is 0.358 e. The summed E-state index contributed by atoms with van der Waals surface area (Å²) < 4.78 is 13.1. The van der Waals surface area contributed by atoms with Gasteiger partial charge in [0, 0.05) is 38.8 Å². The van der Waals surface area contributed by atoms with Crippen LogP contribution in [0, 0.1) is 12.7 Å². The van der Waals surface area contributed by atoms with Crippen molar-refractivity contribution in [2.75, 3.05) is 39.8 Å². The highest BCUT2D eigenvalue weighted by Crippen LogP contribution is 2.29. The van der Waals surface area contributed by atoms with Gasteiger partial charge in [-0.2, -0.15) is 0 Å². The van der Waals surface area contributed by atoms with Gasteiger partial charge in [-0.15, -0.1) is 11.3 Å². The minimum Gasteiger partial charge on any atom is -0.358 e. The predicted octanol–water partition coefficient (Wildman–Crippen LogP) is 1.76. The molecule has 0 bridgehead atoms. The molecule has 6 nitrogen and oxygen atoms in total. The molecule has 2 heterocycles. The smallest absolute Gasteiger partial charge is 0.265 e. The van der Waals surface area contributed by atoms with E-state index < -0.39 is 0 Å². The second-order valence-corrected chi connectivity index (χ2v) is 7.18. The number of likely N-dealkylation sites (N-methyl/N-ethyl adjacent to an activating group) is 1. The molecule has 0 unspecified atom stereocenters. The maximum absolute atomic E-state index is 13.1. The Balaban J connectivity index is 1.67. The van der Waals surface area contributed by atoms with Gasteiger partial charge in [0.1, 0.15) is 15.7 Å². The summed E-state index contributed by atoms with van der Waals surface area (Å²) in [6.45, 7) is 4.67. The van der Waals surface area contributed by atoms with Gasteiger partial charge in [0.05, 0.1) is 12.2 Å². The van der Waals surface area contributed by atoms with Gasteiger partial charge in [-0.25, -0.2) is 9.37 Å². The standard InChI is InChI=1S/C18H21FN4O2S/c1-12-16(26-17(21-12)13-3-5-14(19)6-4-13)18(25)23-9-7-22(8-10-23)11-15(24)20-2/h3-6H,7-11H2,1-2H3,(H,20,24). The quantitative estimate of drug-likeness (QED) is 0.883. The fraction of sp³-hybridized carbons (Fsp3) is 0.389. The number of halogens is 1. The lowest BCUT2D eigenvalue weighted by Crippen LogP contribution is -2.50. The number of aromatic nitrogens is 1. The molecule has 138 valence electrons. The SMILES string of the molecule is CNC(=O)CN1CCN(C(=O)c2sc(-c3ccc(F)cc3)nc2C)CC1. The minimum atomic E-state index is -0.298. The average Bonchev–Trinajstić information content (AvgIpc) is 3.04. The van der Waals surface area contributed by atoms with E-state index >= 15 is 0 Å². The first-order valence-corrected chi connectivity index (χ1v) is 9.25. The van der Waals surface area contributed by atoms with Crippen LogP contribution in [0.1, 0.15) is 15.4 Å².